The van der Waals surface area contributed by atoms with Crippen molar-refractivity contribution >= 4 is 72.4 Å². The fraction of sp³-hybridized carbons (Fsp3) is 0.222. The maximum Gasteiger partial charge on any atom is 0.326 e. The van der Waals surface area contributed by atoms with Gasteiger partial charge in [-0.2, -0.15) is 4.37 Å². The number of nitrogens with one attached hydrogen (secondary N) is 2. The molecule has 0 aliphatic carbocycles. The zero-order valence-corrected chi connectivity index (χ0v) is 25.2. The molecule has 4 rings (SSSR count). The lowest BCUT2D eigenvalue weighted by molar-refractivity contribution is -0.139. The van der Waals surface area contributed by atoms with E-state index in [0.29, 0.717) is 39.5 Å². The number of sulfone groups is 1. The van der Waals surface area contributed by atoms with Crippen LogP contribution in [0.1, 0.15) is 21.5 Å². The minimum absolute atomic E-state index is 0.0116. The molecule has 216 valence electrons. The van der Waals surface area contributed by atoms with E-state index < -0.39 is 27.8 Å². The van der Waals surface area contributed by atoms with Crippen LogP contribution in [0.15, 0.2) is 53.4 Å². The monoisotopic (exact) mass is 637 g/mol. The normalized spacial score (nSPS) is 12.1. The summed E-state index contributed by atoms with van der Waals surface area (Å²) >= 11 is 14.1. The molecule has 0 aliphatic rings. The molecule has 41 heavy (non-hydrogen) atoms. The summed E-state index contributed by atoms with van der Waals surface area (Å²) in [6, 6.07) is 11.5. The van der Waals surface area contributed by atoms with Crippen LogP contribution in [0, 0.1) is 0 Å². The number of ether oxygens (including phenoxy) is 2. The average Bonchev–Trinajstić information content (AvgIpc) is 3.33. The molecule has 4 aromatic rings. The van der Waals surface area contributed by atoms with Gasteiger partial charge in [0.25, 0.3) is 5.91 Å². The number of benzene rings is 3. The van der Waals surface area contributed by atoms with Gasteiger partial charge in [0, 0.05) is 24.6 Å². The Hall–Kier alpha value is -3.58. The molecule has 1 heterocycles. The molecular formula is C27H25Cl2N3O7S2. The highest BCUT2D eigenvalue weighted by atomic mass is 35.5. The van der Waals surface area contributed by atoms with Crippen molar-refractivity contribution in [1.82, 2.24) is 9.69 Å². The fourth-order valence-electron chi connectivity index (χ4n) is 4.09. The number of halogens is 2. The standard InChI is InChI=1S/C27H25Cl2N3O7S2/c1-38-20-8-7-15(11-21(20)39-2)13-30-25-17-12-18(28)22(23(29)24(17)40-32-25)26(33)31-19(27(34)35)10-14-5-4-6-16(9-14)41(3,36)37/h4-9,11-12,19H,10,13H2,1-3H3,(H,30,32)(H,31,33)(H,34,35)/t19-/m0/s1. The van der Waals surface area contributed by atoms with E-state index in [1.807, 2.05) is 12.1 Å². The van der Waals surface area contributed by atoms with Gasteiger partial charge in [0.05, 0.1) is 39.4 Å². The largest absolute Gasteiger partial charge is 0.493 e. The quantitative estimate of drug-likeness (QED) is 0.205. The van der Waals surface area contributed by atoms with Crippen LogP contribution in [0.4, 0.5) is 5.82 Å². The molecule has 3 aromatic carbocycles. The Morgan fingerprint density at radius 2 is 1.78 bits per heavy atom. The van der Waals surface area contributed by atoms with Gasteiger partial charge in [-0.05, 0) is 53.0 Å². The number of hydrogen-bond donors (Lipinski definition) is 3. The van der Waals surface area contributed by atoms with Crippen LogP contribution >= 0.6 is 34.7 Å². The van der Waals surface area contributed by atoms with Crippen LogP contribution in [-0.4, -0.2) is 56.3 Å². The molecule has 3 N–H and O–H groups in total. The Morgan fingerprint density at radius 1 is 1.05 bits per heavy atom. The molecule has 1 aromatic heterocycles. The van der Waals surface area contributed by atoms with Crippen molar-refractivity contribution in [2.45, 2.75) is 23.9 Å². The second kappa shape index (κ2) is 12.5. The van der Waals surface area contributed by atoms with Gasteiger partial charge >= 0.3 is 5.97 Å². The van der Waals surface area contributed by atoms with E-state index in [9.17, 15) is 23.1 Å². The third-order valence-corrected chi connectivity index (χ3v) is 8.94. The summed E-state index contributed by atoms with van der Waals surface area (Å²) in [5, 5.41) is 16.1. The zero-order valence-electron chi connectivity index (χ0n) is 22.0. The van der Waals surface area contributed by atoms with E-state index in [1.165, 1.54) is 18.2 Å². The van der Waals surface area contributed by atoms with Crippen molar-refractivity contribution < 1.29 is 32.6 Å². The molecule has 1 atom stereocenters. The number of methoxy groups -OCH3 is 2. The molecule has 0 unspecified atom stereocenters. The Morgan fingerprint density at radius 3 is 2.44 bits per heavy atom. The van der Waals surface area contributed by atoms with Gasteiger partial charge in [-0.3, -0.25) is 4.79 Å². The molecule has 0 radical (unpaired) electrons. The number of carboxylic acid groups (broad SMARTS) is 1. The number of aliphatic carboxylic acids is 1. The number of anilines is 1. The molecule has 0 bridgehead atoms. The highest BCUT2D eigenvalue weighted by Gasteiger charge is 2.26. The highest BCUT2D eigenvalue weighted by molar-refractivity contribution is 7.90. The second-order valence-electron chi connectivity index (χ2n) is 8.99. The van der Waals surface area contributed by atoms with Crippen LogP contribution in [-0.2, 0) is 27.6 Å². The molecule has 14 heteroatoms. The van der Waals surface area contributed by atoms with Gasteiger partial charge in [-0.25, -0.2) is 13.2 Å². The van der Waals surface area contributed by atoms with Gasteiger partial charge < -0.3 is 25.2 Å². The van der Waals surface area contributed by atoms with Gasteiger partial charge in [-0.15, -0.1) is 0 Å². The number of nitrogens with zero attached hydrogens (tertiary/aromatic N) is 1. The topological polar surface area (TPSA) is 144 Å². The Balaban J connectivity index is 1.55. The Bertz CT molecular complexity index is 1740. The number of aromatic nitrogens is 1. The maximum atomic E-state index is 13.2. The predicted octanol–water partition coefficient (Wildman–Crippen LogP) is 5.06. The molecule has 0 fully saturated rings. The summed E-state index contributed by atoms with van der Waals surface area (Å²) in [4.78, 5) is 25.2. The number of carbonyl (C=O) groups excluding carboxylic acids is 1. The molecular weight excluding hydrogens is 613 g/mol. The lowest BCUT2D eigenvalue weighted by Gasteiger charge is -2.16. The van der Waals surface area contributed by atoms with Crippen molar-refractivity contribution in [3.05, 3.63) is 75.3 Å². The van der Waals surface area contributed by atoms with Crippen molar-refractivity contribution in [2.75, 3.05) is 25.8 Å². The average molecular weight is 639 g/mol. The zero-order chi connectivity index (χ0) is 29.9. The SMILES string of the molecule is COc1ccc(CNc2nsc3c(Cl)c(C(=O)N[C@@H](Cc4cccc(S(C)(=O)=O)c4)C(=O)O)c(Cl)cc23)cc1OC. The summed E-state index contributed by atoms with van der Waals surface area (Å²) in [6.45, 7) is 0.400. The summed E-state index contributed by atoms with van der Waals surface area (Å²) in [5.41, 5.74) is 1.23. The molecule has 0 saturated heterocycles. The predicted molar refractivity (Wildman–Crippen MR) is 159 cm³/mol. The van der Waals surface area contributed by atoms with Crippen molar-refractivity contribution in [1.29, 1.82) is 0 Å². The van der Waals surface area contributed by atoms with E-state index in [2.05, 4.69) is 15.0 Å². The van der Waals surface area contributed by atoms with Gasteiger partial charge in [0.15, 0.2) is 21.3 Å². The van der Waals surface area contributed by atoms with E-state index in [4.69, 9.17) is 32.7 Å². The Kier molecular flexibility index (Phi) is 9.27. The van der Waals surface area contributed by atoms with Crippen LogP contribution in [0.2, 0.25) is 10.0 Å². The van der Waals surface area contributed by atoms with Gasteiger partial charge in [0.1, 0.15) is 11.9 Å². The van der Waals surface area contributed by atoms with Crippen LogP contribution in [0.3, 0.4) is 0 Å². The van der Waals surface area contributed by atoms with Crippen LogP contribution < -0.4 is 20.1 Å². The molecule has 0 spiro atoms. The summed E-state index contributed by atoms with van der Waals surface area (Å²) in [5.74, 6) is -0.408. The smallest absolute Gasteiger partial charge is 0.326 e. The van der Waals surface area contributed by atoms with E-state index in [-0.39, 0.29) is 26.9 Å². The summed E-state index contributed by atoms with van der Waals surface area (Å²) < 4.78 is 39.3. The number of hydrogen-bond acceptors (Lipinski definition) is 9. The van der Waals surface area contributed by atoms with Crippen molar-refractivity contribution in [3.8, 4) is 11.5 Å². The second-order valence-corrected chi connectivity index (χ2v) is 12.6. The number of carbonyl (C=O) groups is 2. The first-order valence-corrected chi connectivity index (χ1v) is 15.4. The minimum atomic E-state index is -3.49. The highest BCUT2D eigenvalue weighted by Crippen LogP contribution is 2.39. The third kappa shape index (κ3) is 6.84. The number of fused-ring (bicyclic) bond motifs is 1. The maximum absolute atomic E-state index is 13.2. The number of amides is 1. The first kappa shape index (κ1) is 30.4. The summed E-state index contributed by atoms with van der Waals surface area (Å²) in [7, 11) is -0.386. The Labute approximate surface area is 250 Å². The minimum Gasteiger partial charge on any atom is -0.493 e. The van der Waals surface area contributed by atoms with Gasteiger partial charge in [-0.1, -0.05) is 41.4 Å². The fourth-order valence-corrected chi connectivity index (χ4v) is 6.29. The van der Waals surface area contributed by atoms with Crippen LogP contribution in [0.25, 0.3) is 10.1 Å². The van der Waals surface area contributed by atoms with Gasteiger partial charge in [0.2, 0.25) is 0 Å². The summed E-state index contributed by atoms with van der Waals surface area (Å²) in [6.07, 6.45) is 0.895. The lowest BCUT2D eigenvalue weighted by atomic mass is 10.1. The van der Waals surface area contributed by atoms with E-state index in [0.717, 1.165) is 23.4 Å². The third-order valence-electron chi connectivity index (χ3n) is 6.16. The number of rotatable bonds is 11. The molecule has 1 amide bonds. The van der Waals surface area contributed by atoms with Crippen molar-refractivity contribution in [3.63, 3.8) is 0 Å². The molecule has 10 nitrogen and oxygen atoms in total. The lowest BCUT2D eigenvalue weighted by Crippen LogP contribution is -2.42. The first-order chi connectivity index (χ1) is 19.4. The van der Waals surface area contributed by atoms with E-state index in [1.54, 1.807) is 32.4 Å². The van der Waals surface area contributed by atoms with Crippen molar-refractivity contribution in [2.24, 2.45) is 0 Å². The molecule has 0 saturated carbocycles. The molecule has 0 aliphatic heterocycles. The van der Waals surface area contributed by atoms with Crippen LogP contribution in [0.5, 0.6) is 11.5 Å². The first-order valence-electron chi connectivity index (χ1n) is 12.0. The van der Waals surface area contributed by atoms with E-state index >= 15 is 0 Å². The number of carboxylic acids is 1.